The van der Waals surface area contributed by atoms with Gasteiger partial charge in [0.15, 0.2) is 0 Å². The topological polar surface area (TPSA) is 54.5 Å². The third-order valence-electron chi connectivity index (χ3n) is 3.67. The SMILES string of the molecule is COCC(=O)N1CCC(NCc2sc(C)nc2C)CC1. The number of piperidine rings is 1. The number of aromatic nitrogens is 1. The second-order valence-corrected chi connectivity index (χ2v) is 6.50. The van der Waals surface area contributed by atoms with Gasteiger partial charge in [0.2, 0.25) is 5.91 Å². The van der Waals surface area contributed by atoms with Crippen LogP contribution in [0.4, 0.5) is 0 Å². The van der Waals surface area contributed by atoms with Crippen LogP contribution < -0.4 is 5.32 Å². The van der Waals surface area contributed by atoms with Gasteiger partial charge in [-0.2, -0.15) is 0 Å². The van der Waals surface area contributed by atoms with Crippen LogP contribution in [0.15, 0.2) is 0 Å². The summed E-state index contributed by atoms with van der Waals surface area (Å²) in [5, 5.41) is 4.71. The Hall–Kier alpha value is -0.980. The summed E-state index contributed by atoms with van der Waals surface area (Å²) in [7, 11) is 1.56. The van der Waals surface area contributed by atoms with Gasteiger partial charge in [-0.15, -0.1) is 11.3 Å². The van der Waals surface area contributed by atoms with E-state index in [1.165, 1.54) is 4.88 Å². The number of nitrogens with one attached hydrogen (secondary N) is 1. The lowest BCUT2D eigenvalue weighted by atomic mass is 10.0. The normalized spacial score (nSPS) is 16.6. The summed E-state index contributed by atoms with van der Waals surface area (Å²) in [4.78, 5) is 19.4. The highest BCUT2D eigenvalue weighted by Gasteiger charge is 2.22. The Balaban J connectivity index is 1.74. The summed E-state index contributed by atoms with van der Waals surface area (Å²) in [5.41, 5.74) is 1.13. The molecule has 0 aromatic carbocycles. The van der Waals surface area contributed by atoms with E-state index in [-0.39, 0.29) is 12.5 Å². The monoisotopic (exact) mass is 297 g/mol. The number of carbonyl (C=O) groups is 1. The summed E-state index contributed by atoms with van der Waals surface area (Å²) in [6, 6.07) is 0.489. The van der Waals surface area contributed by atoms with Gasteiger partial charge in [0.1, 0.15) is 6.61 Å². The predicted molar refractivity (Wildman–Crippen MR) is 79.9 cm³/mol. The predicted octanol–water partition coefficient (Wildman–Crippen LogP) is 1.49. The zero-order valence-corrected chi connectivity index (χ0v) is 13.3. The van der Waals surface area contributed by atoms with Gasteiger partial charge in [-0.05, 0) is 26.7 Å². The summed E-state index contributed by atoms with van der Waals surface area (Å²) < 4.78 is 4.89. The fourth-order valence-corrected chi connectivity index (χ4v) is 3.41. The molecule has 0 unspecified atom stereocenters. The van der Waals surface area contributed by atoms with E-state index in [0.717, 1.165) is 43.2 Å². The molecule has 0 atom stereocenters. The Morgan fingerprint density at radius 2 is 2.15 bits per heavy atom. The Kier molecular flexibility index (Phi) is 5.51. The molecular formula is C14H23N3O2S. The highest BCUT2D eigenvalue weighted by Crippen LogP contribution is 2.18. The maximum absolute atomic E-state index is 11.7. The van der Waals surface area contributed by atoms with Gasteiger partial charge in [-0.25, -0.2) is 4.98 Å². The molecule has 5 nitrogen and oxygen atoms in total. The molecule has 2 rings (SSSR count). The molecule has 1 amide bonds. The molecule has 6 heteroatoms. The zero-order chi connectivity index (χ0) is 14.5. The van der Waals surface area contributed by atoms with Gasteiger partial charge in [0.25, 0.3) is 0 Å². The van der Waals surface area contributed by atoms with Crippen LogP contribution in [-0.4, -0.2) is 48.6 Å². The van der Waals surface area contributed by atoms with Crippen molar-refractivity contribution in [1.82, 2.24) is 15.2 Å². The van der Waals surface area contributed by atoms with Crippen LogP contribution in [0, 0.1) is 13.8 Å². The number of likely N-dealkylation sites (tertiary alicyclic amines) is 1. The maximum Gasteiger partial charge on any atom is 0.248 e. The Morgan fingerprint density at radius 1 is 1.45 bits per heavy atom. The van der Waals surface area contributed by atoms with E-state index in [1.807, 2.05) is 11.8 Å². The summed E-state index contributed by atoms with van der Waals surface area (Å²) in [6.07, 6.45) is 2.01. The van der Waals surface area contributed by atoms with E-state index in [4.69, 9.17) is 4.74 Å². The Morgan fingerprint density at radius 3 is 2.70 bits per heavy atom. The third kappa shape index (κ3) is 4.01. The number of hydrogen-bond donors (Lipinski definition) is 1. The summed E-state index contributed by atoms with van der Waals surface area (Å²) in [6.45, 7) is 6.82. The molecular weight excluding hydrogens is 274 g/mol. The van der Waals surface area contributed by atoms with Crippen LogP contribution >= 0.6 is 11.3 Å². The number of amides is 1. The molecule has 1 aliphatic rings. The molecule has 0 spiro atoms. The van der Waals surface area contributed by atoms with E-state index in [9.17, 15) is 4.79 Å². The quantitative estimate of drug-likeness (QED) is 0.894. The molecule has 1 aromatic rings. The Labute approximate surface area is 124 Å². The van der Waals surface area contributed by atoms with E-state index in [0.29, 0.717) is 6.04 Å². The minimum absolute atomic E-state index is 0.0971. The summed E-state index contributed by atoms with van der Waals surface area (Å²) in [5.74, 6) is 0.0971. The van der Waals surface area contributed by atoms with Crippen molar-refractivity contribution in [3.8, 4) is 0 Å². The first-order valence-electron chi connectivity index (χ1n) is 7.03. The third-order valence-corrected chi connectivity index (χ3v) is 4.74. The first kappa shape index (κ1) is 15.4. The fraction of sp³-hybridized carbons (Fsp3) is 0.714. The van der Waals surface area contributed by atoms with Crippen LogP contribution in [0.5, 0.6) is 0 Å². The minimum atomic E-state index is 0.0971. The maximum atomic E-state index is 11.7. The van der Waals surface area contributed by atoms with Crippen LogP contribution in [-0.2, 0) is 16.1 Å². The standard InChI is InChI=1S/C14H23N3O2S/c1-10-13(20-11(2)16-10)8-15-12-4-6-17(7-5-12)14(18)9-19-3/h12,15H,4-9H2,1-3H3. The molecule has 1 aliphatic heterocycles. The highest BCUT2D eigenvalue weighted by atomic mass is 32.1. The van der Waals surface area contributed by atoms with E-state index < -0.39 is 0 Å². The Bertz CT molecular complexity index is 453. The lowest BCUT2D eigenvalue weighted by Gasteiger charge is -2.32. The van der Waals surface area contributed by atoms with Crippen molar-refractivity contribution < 1.29 is 9.53 Å². The van der Waals surface area contributed by atoms with Crippen molar-refractivity contribution in [2.24, 2.45) is 0 Å². The largest absolute Gasteiger partial charge is 0.375 e. The van der Waals surface area contributed by atoms with Gasteiger partial charge in [0, 0.05) is 37.7 Å². The van der Waals surface area contributed by atoms with Crippen molar-refractivity contribution in [1.29, 1.82) is 0 Å². The zero-order valence-electron chi connectivity index (χ0n) is 12.4. The minimum Gasteiger partial charge on any atom is -0.375 e. The average Bonchev–Trinajstić information content (AvgIpc) is 2.75. The lowest BCUT2D eigenvalue weighted by molar-refractivity contribution is -0.136. The molecule has 1 saturated heterocycles. The fourth-order valence-electron chi connectivity index (χ4n) is 2.52. The summed E-state index contributed by atoms with van der Waals surface area (Å²) >= 11 is 1.76. The van der Waals surface area contributed by atoms with Gasteiger partial charge in [0.05, 0.1) is 10.7 Å². The van der Waals surface area contributed by atoms with Crippen LogP contribution in [0.2, 0.25) is 0 Å². The van der Waals surface area contributed by atoms with Gasteiger partial charge >= 0.3 is 0 Å². The smallest absolute Gasteiger partial charge is 0.248 e. The number of ether oxygens (including phenoxy) is 1. The van der Waals surface area contributed by atoms with Crippen LogP contribution in [0.3, 0.4) is 0 Å². The van der Waals surface area contributed by atoms with Crippen molar-refractivity contribution >= 4 is 17.2 Å². The molecule has 2 heterocycles. The molecule has 0 radical (unpaired) electrons. The number of carbonyl (C=O) groups excluding carboxylic acids is 1. The number of hydrogen-bond acceptors (Lipinski definition) is 5. The molecule has 1 N–H and O–H groups in total. The molecule has 1 aromatic heterocycles. The van der Waals surface area contributed by atoms with E-state index in [1.54, 1.807) is 18.4 Å². The van der Waals surface area contributed by atoms with Crippen molar-refractivity contribution in [3.05, 3.63) is 15.6 Å². The average molecular weight is 297 g/mol. The molecule has 1 fully saturated rings. The van der Waals surface area contributed by atoms with Crippen molar-refractivity contribution in [2.45, 2.75) is 39.3 Å². The van der Waals surface area contributed by atoms with E-state index in [2.05, 4.69) is 17.2 Å². The molecule has 0 aliphatic carbocycles. The van der Waals surface area contributed by atoms with Crippen LogP contribution in [0.25, 0.3) is 0 Å². The number of aryl methyl sites for hydroxylation is 2. The lowest BCUT2D eigenvalue weighted by Crippen LogP contribution is -2.45. The second-order valence-electron chi connectivity index (χ2n) is 5.21. The molecule has 20 heavy (non-hydrogen) atoms. The number of methoxy groups -OCH3 is 1. The van der Waals surface area contributed by atoms with Crippen LogP contribution in [0.1, 0.15) is 28.4 Å². The first-order valence-corrected chi connectivity index (χ1v) is 7.84. The number of rotatable bonds is 5. The number of nitrogens with zero attached hydrogens (tertiary/aromatic N) is 2. The molecule has 0 saturated carbocycles. The molecule has 0 bridgehead atoms. The van der Waals surface area contributed by atoms with Gasteiger partial charge in [-0.1, -0.05) is 0 Å². The second kappa shape index (κ2) is 7.15. The highest BCUT2D eigenvalue weighted by molar-refractivity contribution is 7.11. The number of thiazole rings is 1. The molecule has 112 valence electrons. The first-order chi connectivity index (χ1) is 9.60. The van der Waals surface area contributed by atoms with E-state index >= 15 is 0 Å². The van der Waals surface area contributed by atoms with Gasteiger partial charge < -0.3 is 15.0 Å². The van der Waals surface area contributed by atoms with Crippen molar-refractivity contribution in [3.63, 3.8) is 0 Å². The van der Waals surface area contributed by atoms with Gasteiger partial charge in [-0.3, -0.25) is 4.79 Å². The van der Waals surface area contributed by atoms with Crippen molar-refractivity contribution in [2.75, 3.05) is 26.8 Å².